The summed E-state index contributed by atoms with van der Waals surface area (Å²) in [6.45, 7) is 2.26. The van der Waals surface area contributed by atoms with Crippen LogP contribution in [-0.2, 0) is 6.54 Å². The molecule has 1 N–H and O–H groups in total. The van der Waals surface area contributed by atoms with Crippen molar-refractivity contribution in [2.75, 3.05) is 6.54 Å². The quantitative estimate of drug-likeness (QED) is 0.748. The van der Waals surface area contributed by atoms with Crippen LogP contribution in [0.3, 0.4) is 0 Å². The molecule has 0 unspecified atom stereocenters. The van der Waals surface area contributed by atoms with E-state index in [1.807, 2.05) is 37.3 Å². The van der Waals surface area contributed by atoms with Crippen molar-refractivity contribution in [3.8, 4) is 0 Å². The Hall–Kier alpha value is -2.99. The lowest BCUT2D eigenvalue weighted by Crippen LogP contribution is -2.35. The van der Waals surface area contributed by atoms with Gasteiger partial charge in [0.25, 0.3) is 5.91 Å². The zero-order chi connectivity index (χ0) is 17.6. The number of aliphatic hydroxyl groups excluding tert-OH is 1. The summed E-state index contributed by atoms with van der Waals surface area (Å²) in [5.74, 6) is 0.128. The van der Waals surface area contributed by atoms with Crippen molar-refractivity contribution in [3.63, 3.8) is 0 Å². The van der Waals surface area contributed by atoms with E-state index in [-0.39, 0.29) is 18.1 Å². The number of nitrogens with zero attached hydrogens (tertiary/aromatic N) is 3. The van der Waals surface area contributed by atoms with E-state index in [4.69, 9.17) is 4.42 Å². The maximum Gasteiger partial charge on any atom is 0.274 e. The van der Waals surface area contributed by atoms with E-state index in [1.165, 1.54) is 12.5 Å². The summed E-state index contributed by atoms with van der Waals surface area (Å²) in [5, 5.41) is 10.4. The first-order chi connectivity index (χ1) is 12.1. The Bertz CT molecular complexity index is 802. The van der Waals surface area contributed by atoms with E-state index in [0.29, 0.717) is 12.3 Å². The summed E-state index contributed by atoms with van der Waals surface area (Å²) in [5.41, 5.74) is 1.94. The highest BCUT2D eigenvalue weighted by atomic mass is 16.4. The van der Waals surface area contributed by atoms with Gasteiger partial charge in [0.2, 0.25) is 0 Å². The molecule has 3 rings (SSSR count). The molecule has 25 heavy (non-hydrogen) atoms. The number of amides is 1. The number of aliphatic hydroxyl groups is 1. The van der Waals surface area contributed by atoms with Gasteiger partial charge in [-0.25, -0.2) is 4.98 Å². The van der Waals surface area contributed by atoms with Crippen molar-refractivity contribution in [3.05, 3.63) is 83.8 Å². The number of hydrogen-bond donors (Lipinski definition) is 1. The van der Waals surface area contributed by atoms with Crippen LogP contribution in [0.15, 0.2) is 65.5 Å². The molecule has 0 aliphatic rings. The van der Waals surface area contributed by atoms with Crippen LogP contribution in [0.2, 0.25) is 0 Å². The molecule has 3 aromatic rings. The summed E-state index contributed by atoms with van der Waals surface area (Å²) in [7, 11) is 0. The van der Waals surface area contributed by atoms with Gasteiger partial charge in [0.05, 0.1) is 24.7 Å². The fourth-order valence-electron chi connectivity index (χ4n) is 2.47. The molecule has 0 aliphatic heterocycles. The average molecular weight is 337 g/mol. The summed E-state index contributed by atoms with van der Waals surface area (Å²) in [6, 6.07) is 13.0. The number of rotatable bonds is 6. The summed E-state index contributed by atoms with van der Waals surface area (Å²) in [4.78, 5) is 22.7. The van der Waals surface area contributed by atoms with Gasteiger partial charge in [-0.3, -0.25) is 9.78 Å². The highest BCUT2D eigenvalue weighted by Crippen LogP contribution is 2.18. The van der Waals surface area contributed by atoms with E-state index in [0.717, 1.165) is 11.3 Å². The molecular weight excluding hydrogens is 318 g/mol. The molecule has 2 heterocycles. The zero-order valence-electron chi connectivity index (χ0n) is 13.9. The third-order valence-corrected chi connectivity index (χ3v) is 3.77. The molecule has 6 heteroatoms. The molecule has 128 valence electrons. The molecule has 6 nitrogen and oxygen atoms in total. The van der Waals surface area contributed by atoms with Crippen molar-refractivity contribution >= 4 is 5.91 Å². The summed E-state index contributed by atoms with van der Waals surface area (Å²) < 4.78 is 5.23. The van der Waals surface area contributed by atoms with Gasteiger partial charge in [0, 0.05) is 12.7 Å². The predicted molar refractivity (Wildman–Crippen MR) is 91.6 cm³/mol. The molecule has 1 aromatic carbocycles. The molecular formula is C19H19N3O3. The molecule has 0 fully saturated rings. The van der Waals surface area contributed by atoms with E-state index >= 15 is 0 Å². The number of aryl methyl sites for hydroxylation is 1. The second-order valence-electron chi connectivity index (χ2n) is 5.75. The molecule has 1 atom stereocenters. The lowest BCUT2D eigenvalue weighted by molar-refractivity contribution is 0.0557. The van der Waals surface area contributed by atoms with Gasteiger partial charge >= 0.3 is 0 Å². The second kappa shape index (κ2) is 7.72. The van der Waals surface area contributed by atoms with Gasteiger partial charge in [-0.2, -0.15) is 0 Å². The predicted octanol–water partition coefficient (Wildman–Crippen LogP) is 2.75. The normalized spacial score (nSPS) is 11.9. The Labute approximate surface area is 145 Å². The largest absolute Gasteiger partial charge is 0.467 e. The highest BCUT2D eigenvalue weighted by Gasteiger charge is 2.23. The Morgan fingerprint density at radius 3 is 2.60 bits per heavy atom. The topological polar surface area (TPSA) is 79.5 Å². The Kier molecular flexibility index (Phi) is 5.20. The van der Waals surface area contributed by atoms with Crippen LogP contribution < -0.4 is 0 Å². The molecule has 0 spiro atoms. The smallest absolute Gasteiger partial charge is 0.274 e. The number of furan rings is 1. The Morgan fingerprint density at radius 1 is 1.16 bits per heavy atom. The fraction of sp³-hybridized carbons (Fsp3) is 0.211. The number of carbonyl (C=O) groups excluding carboxylic acids is 1. The van der Waals surface area contributed by atoms with Crippen LogP contribution >= 0.6 is 0 Å². The standard InChI is InChI=1S/C19H19N3O3/c1-14-10-21-16(11-20-14)19(24)22(12-15-6-3-2-4-7-15)13-17(23)18-8-5-9-25-18/h2-11,17,23H,12-13H2,1H3/t17-/m0/s1. The van der Waals surface area contributed by atoms with Gasteiger partial charge in [-0.05, 0) is 24.6 Å². The number of benzene rings is 1. The zero-order valence-corrected chi connectivity index (χ0v) is 13.9. The second-order valence-corrected chi connectivity index (χ2v) is 5.75. The first-order valence-electron chi connectivity index (χ1n) is 7.97. The Balaban J connectivity index is 1.82. The fourth-order valence-corrected chi connectivity index (χ4v) is 2.47. The van der Waals surface area contributed by atoms with Crippen LogP contribution in [-0.4, -0.2) is 32.4 Å². The summed E-state index contributed by atoms with van der Waals surface area (Å²) >= 11 is 0. The van der Waals surface area contributed by atoms with Crippen LogP contribution in [0.5, 0.6) is 0 Å². The number of aromatic nitrogens is 2. The van der Waals surface area contributed by atoms with Gasteiger partial charge in [-0.1, -0.05) is 30.3 Å². The van der Waals surface area contributed by atoms with Crippen molar-refractivity contribution < 1.29 is 14.3 Å². The van der Waals surface area contributed by atoms with Crippen molar-refractivity contribution in [2.45, 2.75) is 19.6 Å². The Morgan fingerprint density at radius 2 is 1.96 bits per heavy atom. The van der Waals surface area contributed by atoms with Crippen LogP contribution in [0.4, 0.5) is 0 Å². The minimum absolute atomic E-state index is 0.0940. The maximum atomic E-state index is 12.8. The molecule has 0 saturated carbocycles. The van der Waals surface area contributed by atoms with Crippen molar-refractivity contribution in [1.29, 1.82) is 0 Å². The highest BCUT2D eigenvalue weighted by molar-refractivity contribution is 5.92. The van der Waals surface area contributed by atoms with Crippen LogP contribution in [0, 0.1) is 6.92 Å². The minimum atomic E-state index is -0.916. The maximum absolute atomic E-state index is 12.8. The molecule has 1 amide bonds. The molecule has 0 aliphatic carbocycles. The lowest BCUT2D eigenvalue weighted by atomic mass is 10.1. The summed E-state index contributed by atoms with van der Waals surface area (Å²) in [6.07, 6.45) is 3.58. The van der Waals surface area contributed by atoms with Gasteiger partial charge in [0.15, 0.2) is 0 Å². The van der Waals surface area contributed by atoms with Crippen molar-refractivity contribution in [1.82, 2.24) is 14.9 Å². The van der Waals surface area contributed by atoms with Gasteiger partial charge in [-0.15, -0.1) is 0 Å². The van der Waals surface area contributed by atoms with Crippen LogP contribution in [0.1, 0.15) is 33.6 Å². The van der Waals surface area contributed by atoms with E-state index < -0.39 is 6.10 Å². The van der Waals surface area contributed by atoms with E-state index in [2.05, 4.69) is 9.97 Å². The first kappa shape index (κ1) is 16.9. The third kappa shape index (κ3) is 4.30. The van der Waals surface area contributed by atoms with Gasteiger partial charge < -0.3 is 14.4 Å². The number of hydrogen-bond acceptors (Lipinski definition) is 5. The lowest BCUT2D eigenvalue weighted by Gasteiger charge is -2.24. The van der Waals surface area contributed by atoms with E-state index in [9.17, 15) is 9.90 Å². The van der Waals surface area contributed by atoms with Gasteiger partial charge in [0.1, 0.15) is 17.6 Å². The third-order valence-electron chi connectivity index (χ3n) is 3.77. The van der Waals surface area contributed by atoms with Crippen LogP contribution in [0.25, 0.3) is 0 Å². The first-order valence-corrected chi connectivity index (χ1v) is 7.97. The molecule has 0 radical (unpaired) electrons. The molecule has 2 aromatic heterocycles. The SMILES string of the molecule is Cc1cnc(C(=O)N(Cc2ccccc2)C[C@H](O)c2ccco2)cn1. The molecule has 0 saturated heterocycles. The molecule has 0 bridgehead atoms. The van der Waals surface area contributed by atoms with E-state index in [1.54, 1.807) is 23.2 Å². The average Bonchev–Trinajstić information content (AvgIpc) is 3.17. The minimum Gasteiger partial charge on any atom is -0.467 e. The monoisotopic (exact) mass is 337 g/mol. The number of carbonyl (C=O) groups is 1. The van der Waals surface area contributed by atoms with Crippen molar-refractivity contribution in [2.24, 2.45) is 0 Å².